The Morgan fingerprint density at radius 3 is 1.53 bits per heavy atom. The zero-order valence-corrected chi connectivity index (χ0v) is 29.5. The highest BCUT2D eigenvalue weighted by Gasteiger charge is 2.22. The summed E-state index contributed by atoms with van der Waals surface area (Å²) in [5.74, 6) is 0. The smallest absolute Gasteiger partial charge is 0.0998 e. The lowest BCUT2D eigenvalue weighted by atomic mass is 10.00. The maximum atomic E-state index is 10.4. The van der Waals surface area contributed by atoms with Gasteiger partial charge in [-0.25, -0.2) is 0 Å². The van der Waals surface area contributed by atoms with E-state index < -0.39 is 0 Å². The summed E-state index contributed by atoms with van der Waals surface area (Å²) in [5, 5.41) is 27.2. The minimum atomic E-state index is 0.556. The van der Waals surface area contributed by atoms with Crippen molar-refractivity contribution in [3.63, 3.8) is 0 Å². The quantitative estimate of drug-likeness (QED) is 0.184. The molecule has 11 aromatic rings. The van der Waals surface area contributed by atoms with Crippen LogP contribution in [0.25, 0.3) is 93.6 Å². The number of para-hydroxylation sites is 5. The molecule has 0 spiro atoms. The van der Waals surface area contributed by atoms with Crippen molar-refractivity contribution < 1.29 is 0 Å². The Morgan fingerprint density at radius 1 is 0.364 bits per heavy atom. The summed E-state index contributed by atoms with van der Waals surface area (Å²) in [5.41, 5.74) is 12.6. The predicted octanol–water partition coefficient (Wildman–Crippen LogP) is 12.4. The van der Waals surface area contributed by atoms with Crippen LogP contribution < -0.4 is 0 Å². The molecular formula is C50H29N5. The maximum absolute atomic E-state index is 10.4. The Morgan fingerprint density at radius 2 is 0.855 bits per heavy atom. The molecular weight excluding hydrogens is 671 g/mol. The highest BCUT2D eigenvalue weighted by molar-refractivity contribution is 6.17. The number of aromatic nitrogens is 3. The van der Waals surface area contributed by atoms with E-state index in [0.717, 1.165) is 66.4 Å². The van der Waals surface area contributed by atoms with E-state index in [9.17, 15) is 10.5 Å². The highest BCUT2D eigenvalue weighted by Crippen LogP contribution is 2.42. The first-order valence-corrected chi connectivity index (χ1v) is 18.3. The Labute approximate surface area is 316 Å². The molecule has 0 fully saturated rings. The summed E-state index contributed by atoms with van der Waals surface area (Å²) in [6.45, 7) is 0. The molecule has 0 unspecified atom stereocenters. The van der Waals surface area contributed by atoms with Crippen molar-refractivity contribution in [2.24, 2.45) is 0 Å². The third-order valence-electron chi connectivity index (χ3n) is 11.1. The Kier molecular flexibility index (Phi) is 6.61. The zero-order chi connectivity index (χ0) is 36.6. The molecule has 55 heavy (non-hydrogen) atoms. The van der Waals surface area contributed by atoms with Crippen molar-refractivity contribution in [3.8, 4) is 40.3 Å². The Hall–Kier alpha value is -7.86. The molecule has 0 amide bonds. The number of benzene rings is 8. The molecule has 0 atom stereocenters. The normalized spacial score (nSPS) is 11.6. The topological polar surface area (TPSA) is 62.4 Å². The van der Waals surface area contributed by atoms with Crippen molar-refractivity contribution in [1.29, 1.82) is 10.5 Å². The van der Waals surface area contributed by atoms with E-state index in [0.29, 0.717) is 11.1 Å². The van der Waals surface area contributed by atoms with Gasteiger partial charge < -0.3 is 13.7 Å². The second kappa shape index (κ2) is 11.8. The summed E-state index contributed by atoms with van der Waals surface area (Å²) < 4.78 is 6.95. The first-order chi connectivity index (χ1) is 27.2. The van der Waals surface area contributed by atoms with Crippen LogP contribution in [0.2, 0.25) is 0 Å². The van der Waals surface area contributed by atoms with E-state index in [1.807, 2.05) is 36.4 Å². The van der Waals surface area contributed by atoms with Gasteiger partial charge in [-0.3, -0.25) is 0 Å². The largest absolute Gasteiger partial charge is 0.309 e. The Balaban J connectivity index is 1.19. The predicted molar refractivity (Wildman–Crippen MR) is 224 cm³/mol. The number of nitriles is 2. The minimum absolute atomic E-state index is 0.556. The standard InChI is InChI=1S/C50H29N5/c51-30-32-27-34(29-35(28-32)53-44-22-9-4-17-39(44)49-33(31-52)13-11-24-46(49)53)36-14-1-6-19-41(36)54-45-23-10-5-18-40(45)50-47(54)25-12-26-48(50)55-42-20-7-2-15-37(42)38-16-3-8-21-43(38)55/h1-29H. The second-order valence-corrected chi connectivity index (χ2v) is 14.0. The third kappa shape index (κ3) is 4.39. The molecule has 0 bridgehead atoms. The average molecular weight is 700 g/mol. The van der Waals surface area contributed by atoms with Crippen molar-refractivity contribution in [2.75, 3.05) is 0 Å². The van der Waals surface area contributed by atoms with Crippen LogP contribution in [0.15, 0.2) is 176 Å². The number of hydrogen-bond donors (Lipinski definition) is 0. The molecule has 0 saturated carbocycles. The fourth-order valence-corrected chi connectivity index (χ4v) is 8.89. The van der Waals surface area contributed by atoms with E-state index in [1.165, 1.54) is 27.2 Å². The zero-order valence-electron chi connectivity index (χ0n) is 29.5. The van der Waals surface area contributed by atoms with Gasteiger partial charge in [0, 0.05) is 43.6 Å². The molecule has 5 nitrogen and oxygen atoms in total. The van der Waals surface area contributed by atoms with Gasteiger partial charge in [0.25, 0.3) is 0 Å². The number of fused-ring (bicyclic) bond motifs is 9. The van der Waals surface area contributed by atoms with E-state index in [-0.39, 0.29) is 0 Å². The molecule has 0 saturated heterocycles. The van der Waals surface area contributed by atoms with Gasteiger partial charge in [-0.05, 0) is 78.4 Å². The molecule has 0 aliphatic heterocycles. The van der Waals surface area contributed by atoms with E-state index in [2.05, 4.69) is 165 Å². The number of rotatable bonds is 4. The fourth-order valence-electron chi connectivity index (χ4n) is 8.89. The van der Waals surface area contributed by atoms with Crippen LogP contribution in [-0.2, 0) is 0 Å². The van der Waals surface area contributed by atoms with Crippen molar-refractivity contribution in [2.45, 2.75) is 0 Å². The van der Waals surface area contributed by atoms with Gasteiger partial charge >= 0.3 is 0 Å². The lowest BCUT2D eigenvalue weighted by Gasteiger charge is -2.16. The molecule has 5 heteroatoms. The highest BCUT2D eigenvalue weighted by atomic mass is 15.0. The van der Waals surface area contributed by atoms with Crippen LogP contribution in [0.1, 0.15) is 11.1 Å². The SMILES string of the molecule is N#Cc1cc(-c2ccccc2-n2c3ccccc3c3c(-n4c5ccccc5c5ccccc54)cccc32)cc(-n2c3ccccc3c3c(C#N)cccc32)c1. The van der Waals surface area contributed by atoms with Crippen LogP contribution in [0.5, 0.6) is 0 Å². The lowest BCUT2D eigenvalue weighted by Crippen LogP contribution is -2.00. The summed E-state index contributed by atoms with van der Waals surface area (Å²) in [7, 11) is 0. The number of hydrogen-bond acceptors (Lipinski definition) is 2. The van der Waals surface area contributed by atoms with Crippen molar-refractivity contribution >= 4 is 65.4 Å². The van der Waals surface area contributed by atoms with Gasteiger partial charge in [-0.1, -0.05) is 103 Å². The molecule has 11 rings (SSSR count). The summed E-state index contributed by atoms with van der Waals surface area (Å²) >= 11 is 0. The number of nitrogens with zero attached hydrogens (tertiary/aromatic N) is 5. The second-order valence-electron chi connectivity index (χ2n) is 14.0. The fraction of sp³-hybridized carbons (Fsp3) is 0. The van der Waals surface area contributed by atoms with Gasteiger partial charge in [0.1, 0.15) is 0 Å². The summed E-state index contributed by atoms with van der Waals surface area (Å²) in [4.78, 5) is 0. The van der Waals surface area contributed by atoms with Crippen molar-refractivity contribution in [3.05, 3.63) is 187 Å². The first kappa shape index (κ1) is 30.7. The van der Waals surface area contributed by atoms with E-state index in [4.69, 9.17) is 0 Å². The minimum Gasteiger partial charge on any atom is -0.309 e. The maximum Gasteiger partial charge on any atom is 0.0998 e. The van der Waals surface area contributed by atoms with Crippen LogP contribution in [-0.4, -0.2) is 13.7 Å². The van der Waals surface area contributed by atoms with Crippen LogP contribution in [0.3, 0.4) is 0 Å². The molecule has 0 N–H and O–H groups in total. The molecule has 0 aliphatic rings. The van der Waals surface area contributed by atoms with Crippen LogP contribution >= 0.6 is 0 Å². The van der Waals surface area contributed by atoms with Crippen molar-refractivity contribution in [1.82, 2.24) is 13.7 Å². The molecule has 0 radical (unpaired) electrons. The van der Waals surface area contributed by atoms with Gasteiger partial charge in [0.05, 0.1) is 67.7 Å². The molecule has 0 aliphatic carbocycles. The van der Waals surface area contributed by atoms with Gasteiger partial charge in [0.15, 0.2) is 0 Å². The van der Waals surface area contributed by atoms with E-state index in [1.54, 1.807) is 0 Å². The molecule has 3 aromatic heterocycles. The van der Waals surface area contributed by atoms with E-state index >= 15 is 0 Å². The first-order valence-electron chi connectivity index (χ1n) is 18.3. The molecule has 8 aromatic carbocycles. The van der Waals surface area contributed by atoms with Gasteiger partial charge in [0.2, 0.25) is 0 Å². The lowest BCUT2D eigenvalue weighted by molar-refractivity contribution is 1.16. The van der Waals surface area contributed by atoms with Crippen LogP contribution in [0, 0.1) is 22.7 Å². The van der Waals surface area contributed by atoms with Gasteiger partial charge in [-0.2, -0.15) is 10.5 Å². The Bertz CT molecular complexity index is 3420. The average Bonchev–Trinajstić information content (AvgIpc) is 3.89. The summed E-state index contributed by atoms with van der Waals surface area (Å²) in [6, 6.07) is 65.9. The van der Waals surface area contributed by atoms with Gasteiger partial charge in [-0.15, -0.1) is 0 Å². The molecule has 3 heterocycles. The summed E-state index contributed by atoms with van der Waals surface area (Å²) in [6.07, 6.45) is 0. The third-order valence-corrected chi connectivity index (χ3v) is 11.1. The van der Waals surface area contributed by atoms with Crippen LogP contribution in [0.4, 0.5) is 0 Å². The molecule has 254 valence electrons. The monoisotopic (exact) mass is 699 g/mol.